The third kappa shape index (κ3) is 4.47. The van der Waals surface area contributed by atoms with Gasteiger partial charge in [0.15, 0.2) is 0 Å². The second-order valence-corrected chi connectivity index (χ2v) is 5.35. The van der Waals surface area contributed by atoms with Gasteiger partial charge in [-0.1, -0.05) is 35.9 Å². The molecular formula is C17H17ClN2O3. The molecule has 2 amide bonds. The zero-order valence-electron chi connectivity index (χ0n) is 12.6. The van der Waals surface area contributed by atoms with E-state index in [0.717, 1.165) is 0 Å². The van der Waals surface area contributed by atoms with Crippen molar-refractivity contribution >= 4 is 29.1 Å². The van der Waals surface area contributed by atoms with Gasteiger partial charge < -0.3 is 15.8 Å². The summed E-state index contributed by atoms with van der Waals surface area (Å²) in [7, 11) is 0. The Kier molecular flexibility index (Phi) is 5.60. The van der Waals surface area contributed by atoms with Crippen LogP contribution < -0.4 is 15.8 Å². The molecule has 0 spiro atoms. The minimum absolute atomic E-state index is 0.122. The van der Waals surface area contributed by atoms with Crippen molar-refractivity contribution < 1.29 is 14.3 Å². The summed E-state index contributed by atoms with van der Waals surface area (Å²) in [5, 5.41) is 3.17. The molecule has 0 aliphatic carbocycles. The van der Waals surface area contributed by atoms with Gasteiger partial charge in [-0.15, -0.1) is 0 Å². The molecule has 0 atom stereocenters. The summed E-state index contributed by atoms with van der Waals surface area (Å²) >= 11 is 5.97. The van der Waals surface area contributed by atoms with Crippen LogP contribution in [0.1, 0.15) is 22.3 Å². The lowest BCUT2D eigenvalue weighted by Crippen LogP contribution is -2.20. The first-order valence-electron chi connectivity index (χ1n) is 7.05. The minimum atomic E-state index is -0.578. The van der Waals surface area contributed by atoms with Crippen LogP contribution in [-0.2, 0) is 4.79 Å². The first-order valence-corrected chi connectivity index (χ1v) is 7.43. The largest absolute Gasteiger partial charge is 0.491 e. The van der Waals surface area contributed by atoms with Gasteiger partial charge in [0.1, 0.15) is 5.75 Å². The second-order valence-electron chi connectivity index (χ2n) is 4.94. The number of para-hydroxylation sites is 1. The maximum absolute atomic E-state index is 12.0. The summed E-state index contributed by atoms with van der Waals surface area (Å²) in [6, 6.07) is 12.2. The van der Waals surface area contributed by atoms with E-state index in [1.807, 2.05) is 0 Å². The normalized spacial score (nSPS) is 10.2. The number of aryl methyl sites for hydroxylation is 1. The molecule has 0 aliphatic heterocycles. The average Bonchev–Trinajstić information content (AvgIpc) is 2.49. The average molecular weight is 333 g/mol. The third-order valence-corrected chi connectivity index (χ3v) is 3.53. The van der Waals surface area contributed by atoms with E-state index in [4.69, 9.17) is 22.1 Å². The highest BCUT2D eigenvalue weighted by Crippen LogP contribution is 2.23. The molecule has 5 nitrogen and oxygen atoms in total. The van der Waals surface area contributed by atoms with Gasteiger partial charge >= 0.3 is 0 Å². The van der Waals surface area contributed by atoms with Crippen LogP contribution >= 0.6 is 11.6 Å². The molecule has 0 bridgehead atoms. The number of hydrogen-bond donors (Lipinski definition) is 2. The second kappa shape index (κ2) is 7.65. The smallest absolute Gasteiger partial charge is 0.251 e. The predicted molar refractivity (Wildman–Crippen MR) is 89.9 cm³/mol. The number of hydrogen-bond acceptors (Lipinski definition) is 3. The van der Waals surface area contributed by atoms with E-state index >= 15 is 0 Å². The summed E-state index contributed by atoms with van der Waals surface area (Å²) in [6.45, 7) is 1.93. The number of rotatable bonds is 6. The van der Waals surface area contributed by atoms with Crippen molar-refractivity contribution in [2.45, 2.75) is 13.3 Å². The Morgan fingerprint density at radius 1 is 1.17 bits per heavy atom. The molecule has 0 heterocycles. The maximum Gasteiger partial charge on any atom is 0.251 e. The molecule has 0 unspecified atom stereocenters. The van der Waals surface area contributed by atoms with E-state index in [1.165, 1.54) is 0 Å². The van der Waals surface area contributed by atoms with Crippen LogP contribution in [0.15, 0.2) is 42.5 Å². The zero-order chi connectivity index (χ0) is 16.8. The molecule has 6 heteroatoms. The molecular weight excluding hydrogens is 316 g/mol. The third-order valence-electron chi connectivity index (χ3n) is 3.22. The van der Waals surface area contributed by atoms with Crippen LogP contribution in [0.3, 0.4) is 0 Å². The van der Waals surface area contributed by atoms with Gasteiger partial charge in [-0.05, 0) is 30.7 Å². The van der Waals surface area contributed by atoms with Crippen molar-refractivity contribution in [1.82, 2.24) is 0 Å². The molecule has 0 saturated heterocycles. The Balaban J connectivity index is 1.94. The molecule has 0 fully saturated rings. The molecule has 0 aliphatic rings. The first kappa shape index (κ1) is 16.8. The number of ether oxygens (including phenoxy) is 1. The first-order chi connectivity index (χ1) is 11.0. The van der Waals surface area contributed by atoms with E-state index in [-0.39, 0.29) is 18.9 Å². The van der Waals surface area contributed by atoms with Gasteiger partial charge in [0.25, 0.3) is 5.91 Å². The molecule has 2 aromatic carbocycles. The zero-order valence-corrected chi connectivity index (χ0v) is 13.4. The van der Waals surface area contributed by atoms with Gasteiger partial charge in [0.05, 0.1) is 29.3 Å². The SMILES string of the molecule is Cc1cccc(NC(=O)CCOc2ccccc2Cl)c1C(N)=O. The monoisotopic (exact) mass is 332 g/mol. The summed E-state index contributed by atoms with van der Waals surface area (Å²) in [4.78, 5) is 23.5. The Hall–Kier alpha value is -2.53. The Morgan fingerprint density at radius 3 is 2.61 bits per heavy atom. The van der Waals surface area contributed by atoms with Crippen molar-refractivity contribution in [2.75, 3.05) is 11.9 Å². The molecule has 2 aromatic rings. The molecule has 120 valence electrons. The fourth-order valence-electron chi connectivity index (χ4n) is 2.13. The fraction of sp³-hybridized carbons (Fsp3) is 0.176. The van der Waals surface area contributed by atoms with Crippen molar-refractivity contribution in [2.24, 2.45) is 5.73 Å². The van der Waals surface area contributed by atoms with E-state index < -0.39 is 5.91 Å². The van der Waals surface area contributed by atoms with Crippen LogP contribution in [0.2, 0.25) is 5.02 Å². The van der Waals surface area contributed by atoms with Gasteiger partial charge in [0.2, 0.25) is 5.91 Å². The van der Waals surface area contributed by atoms with Gasteiger partial charge in [-0.2, -0.15) is 0 Å². The van der Waals surface area contributed by atoms with Gasteiger partial charge in [0, 0.05) is 0 Å². The lowest BCUT2D eigenvalue weighted by atomic mass is 10.1. The molecule has 0 aromatic heterocycles. The number of carbonyl (C=O) groups is 2. The van der Waals surface area contributed by atoms with E-state index in [2.05, 4.69) is 5.32 Å². The van der Waals surface area contributed by atoms with Crippen molar-refractivity contribution in [3.8, 4) is 5.75 Å². The summed E-state index contributed by atoms with van der Waals surface area (Å²) in [6.07, 6.45) is 0.122. The Morgan fingerprint density at radius 2 is 1.91 bits per heavy atom. The summed E-state index contributed by atoms with van der Waals surface area (Å²) in [5.74, 6) is -0.328. The molecule has 0 radical (unpaired) electrons. The summed E-state index contributed by atoms with van der Waals surface area (Å²) in [5.41, 5.74) is 6.78. The summed E-state index contributed by atoms with van der Waals surface area (Å²) < 4.78 is 5.46. The number of anilines is 1. The van der Waals surface area contributed by atoms with Crippen LogP contribution in [-0.4, -0.2) is 18.4 Å². The number of benzene rings is 2. The highest BCUT2D eigenvalue weighted by Gasteiger charge is 2.13. The fourth-order valence-corrected chi connectivity index (χ4v) is 2.32. The number of amides is 2. The van der Waals surface area contributed by atoms with Crippen LogP contribution in [0, 0.1) is 6.92 Å². The Labute approximate surface area is 139 Å². The maximum atomic E-state index is 12.0. The quantitative estimate of drug-likeness (QED) is 0.852. The van der Waals surface area contributed by atoms with E-state index in [0.29, 0.717) is 27.6 Å². The van der Waals surface area contributed by atoms with Gasteiger partial charge in [-0.25, -0.2) is 0 Å². The highest BCUT2D eigenvalue weighted by molar-refractivity contribution is 6.32. The van der Waals surface area contributed by atoms with E-state index in [9.17, 15) is 9.59 Å². The number of nitrogens with one attached hydrogen (secondary N) is 1. The van der Waals surface area contributed by atoms with Crippen molar-refractivity contribution in [3.05, 3.63) is 58.6 Å². The Bertz CT molecular complexity index is 732. The van der Waals surface area contributed by atoms with Crippen LogP contribution in [0.4, 0.5) is 5.69 Å². The number of halogens is 1. The van der Waals surface area contributed by atoms with Crippen LogP contribution in [0.5, 0.6) is 5.75 Å². The van der Waals surface area contributed by atoms with Crippen molar-refractivity contribution in [3.63, 3.8) is 0 Å². The molecule has 2 rings (SSSR count). The molecule has 23 heavy (non-hydrogen) atoms. The highest BCUT2D eigenvalue weighted by atomic mass is 35.5. The predicted octanol–water partition coefficient (Wildman–Crippen LogP) is 3.15. The number of carbonyl (C=O) groups excluding carboxylic acids is 2. The van der Waals surface area contributed by atoms with Crippen molar-refractivity contribution in [1.29, 1.82) is 0 Å². The van der Waals surface area contributed by atoms with Gasteiger partial charge in [-0.3, -0.25) is 9.59 Å². The standard InChI is InChI=1S/C17H17ClN2O3/c1-11-5-4-7-13(16(11)17(19)22)20-15(21)9-10-23-14-8-3-2-6-12(14)18/h2-8H,9-10H2,1H3,(H2,19,22)(H,20,21). The lowest BCUT2D eigenvalue weighted by molar-refractivity contribution is -0.116. The van der Waals surface area contributed by atoms with Crippen LogP contribution in [0.25, 0.3) is 0 Å². The van der Waals surface area contributed by atoms with E-state index in [1.54, 1.807) is 49.4 Å². The minimum Gasteiger partial charge on any atom is -0.491 e. The topological polar surface area (TPSA) is 81.4 Å². The molecule has 3 N–H and O–H groups in total. The number of nitrogens with two attached hydrogens (primary N) is 1. The molecule has 0 saturated carbocycles. The lowest BCUT2D eigenvalue weighted by Gasteiger charge is -2.12. The number of primary amides is 1.